The van der Waals surface area contributed by atoms with E-state index in [4.69, 9.17) is 10.5 Å². The molecule has 0 atom stereocenters. The van der Waals surface area contributed by atoms with E-state index in [-0.39, 0.29) is 6.61 Å². The Kier molecular flexibility index (Phi) is 4.41. The number of ether oxygens (including phenoxy) is 2. The molecule has 0 aliphatic heterocycles. The van der Waals surface area contributed by atoms with Crippen LogP contribution in [0.2, 0.25) is 0 Å². The standard InChI is InChI=1S/C9H9Br2NO3/c1-14-8-6(10)2-5(3-7(8)11)4-15-9(12)13/h2-3H,4H2,1H3,(H2,12,13). The Bertz CT molecular complexity index is 359. The van der Waals surface area contributed by atoms with Crippen LogP contribution in [0.5, 0.6) is 5.75 Å². The maximum atomic E-state index is 10.4. The van der Waals surface area contributed by atoms with E-state index in [0.29, 0.717) is 5.75 Å². The maximum Gasteiger partial charge on any atom is 0.404 e. The molecule has 1 aromatic rings. The number of hydrogen-bond donors (Lipinski definition) is 1. The normalized spacial score (nSPS) is 9.80. The number of rotatable bonds is 3. The van der Waals surface area contributed by atoms with Crippen LogP contribution in [0.25, 0.3) is 0 Å². The molecule has 0 saturated carbocycles. The largest absolute Gasteiger partial charge is 0.494 e. The highest BCUT2D eigenvalue weighted by molar-refractivity contribution is 9.11. The van der Waals surface area contributed by atoms with Crippen LogP contribution < -0.4 is 10.5 Å². The molecular weight excluding hydrogens is 330 g/mol. The molecule has 1 aromatic carbocycles. The molecule has 1 rings (SSSR count). The summed E-state index contributed by atoms with van der Waals surface area (Å²) in [5, 5.41) is 0. The Morgan fingerprint density at radius 2 is 1.93 bits per heavy atom. The molecule has 0 bridgehead atoms. The predicted molar refractivity (Wildman–Crippen MR) is 62.8 cm³/mol. The Labute approximate surface area is 104 Å². The van der Waals surface area contributed by atoms with E-state index in [1.807, 2.05) is 0 Å². The average molecular weight is 339 g/mol. The molecule has 82 valence electrons. The van der Waals surface area contributed by atoms with Gasteiger partial charge in [0.2, 0.25) is 0 Å². The zero-order valence-electron chi connectivity index (χ0n) is 7.92. The summed E-state index contributed by atoms with van der Waals surface area (Å²) in [6.07, 6.45) is -0.793. The van der Waals surface area contributed by atoms with Gasteiger partial charge in [0.1, 0.15) is 12.4 Å². The van der Waals surface area contributed by atoms with Crippen molar-refractivity contribution in [1.29, 1.82) is 0 Å². The zero-order valence-corrected chi connectivity index (χ0v) is 11.1. The predicted octanol–water partition coefficient (Wildman–Crippen LogP) is 2.82. The first kappa shape index (κ1) is 12.3. The van der Waals surface area contributed by atoms with Crippen LogP contribution >= 0.6 is 31.9 Å². The van der Waals surface area contributed by atoms with Gasteiger partial charge in [-0.1, -0.05) is 0 Å². The van der Waals surface area contributed by atoms with Gasteiger partial charge in [0.05, 0.1) is 16.1 Å². The van der Waals surface area contributed by atoms with Crippen LogP contribution in [0.15, 0.2) is 21.1 Å². The van der Waals surface area contributed by atoms with Gasteiger partial charge in [0.15, 0.2) is 0 Å². The SMILES string of the molecule is COc1c(Br)cc(COC(N)=O)cc1Br. The van der Waals surface area contributed by atoms with E-state index in [0.717, 1.165) is 14.5 Å². The third kappa shape index (κ3) is 3.39. The molecule has 0 fully saturated rings. The molecule has 1 amide bonds. The van der Waals surface area contributed by atoms with E-state index in [1.54, 1.807) is 19.2 Å². The molecule has 4 nitrogen and oxygen atoms in total. The Hall–Kier alpha value is -0.750. The van der Waals surface area contributed by atoms with Gasteiger partial charge in [-0.25, -0.2) is 4.79 Å². The molecule has 6 heteroatoms. The van der Waals surface area contributed by atoms with E-state index in [1.165, 1.54) is 0 Å². The first-order chi connectivity index (χ1) is 7.04. The summed E-state index contributed by atoms with van der Waals surface area (Å²) < 4.78 is 11.4. The van der Waals surface area contributed by atoms with E-state index in [2.05, 4.69) is 36.6 Å². The highest BCUT2D eigenvalue weighted by atomic mass is 79.9. The van der Waals surface area contributed by atoms with Gasteiger partial charge >= 0.3 is 6.09 Å². The van der Waals surface area contributed by atoms with E-state index >= 15 is 0 Å². The lowest BCUT2D eigenvalue weighted by atomic mass is 10.2. The highest BCUT2D eigenvalue weighted by Gasteiger charge is 2.08. The van der Waals surface area contributed by atoms with Crippen LogP contribution in [0.3, 0.4) is 0 Å². The quantitative estimate of drug-likeness (QED) is 0.921. The summed E-state index contributed by atoms with van der Waals surface area (Å²) in [4.78, 5) is 10.4. The molecule has 15 heavy (non-hydrogen) atoms. The number of amides is 1. The summed E-state index contributed by atoms with van der Waals surface area (Å²) in [6.45, 7) is 0.135. The van der Waals surface area contributed by atoms with Crippen molar-refractivity contribution >= 4 is 38.0 Å². The molecule has 0 radical (unpaired) electrons. The summed E-state index contributed by atoms with van der Waals surface area (Å²) >= 11 is 6.68. The number of benzene rings is 1. The van der Waals surface area contributed by atoms with Crippen molar-refractivity contribution in [3.63, 3.8) is 0 Å². The van der Waals surface area contributed by atoms with Crippen LogP contribution in [0.1, 0.15) is 5.56 Å². The van der Waals surface area contributed by atoms with Crippen molar-refractivity contribution in [2.45, 2.75) is 6.61 Å². The van der Waals surface area contributed by atoms with Gasteiger partial charge in [-0.05, 0) is 49.6 Å². The third-order valence-corrected chi connectivity index (χ3v) is 2.82. The number of carbonyl (C=O) groups is 1. The number of halogens is 2. The lowest BCUT2D eigenvalue weighted by Crippen LogP contribution is -2.12. The van der Waals surface area contributed by atoms with Crippen LogP contribution in [0, 0.1) is 0 Å². The van der Waals surface area contributed by atoms with Crippen LogP contribution in [-0.4, -0.2) is 13.2 Å². The number of methoxy groups -OCH3 is 1. The van der Waals surface area contributed by atoms with Gasteiger partial charge < -0.3 is 15.2 Å². The van der Waals surface area contributed by atoms with Gasteiger partial charge in [-0.3, -0.25) is 0 Å². The fourth-order valence-corrected chi connectivity index (χ4v) is 2.65. The third-order valence-electron chi connectivity index (χ3n) is 1.64. The highest BCUT2D eigenvalue weighted by Crippen LogP contribution is 2.34. The fraction of sp³-hybridized carbons (Fsp3) is 0.222. The summed E-state index contributed by atoms with van der Waals surface area (Å²) in [5.41, 5.74) is 5.68. The second kappa shape index (κ2) is 5.37. The minimum atomic E-state index is -0.793. The van der Waals surface area contributed by atoms with Crippen molar-refractivity contribution in [1.82, 2.24) is 0 Å². The molecule has 0 unspecified atom stereocenters. The second-order valence-electron chi connectivity index (χ2n) is 2.70. The topological polar surface area (TPSA) is 61.6 Å². The fourth-order valence-electron chi connectivity index (χ4n) is 1.05. The van der Waals surface area contributed by atoms with Crippen LogP contribution in [-0.2, 0) is 11.3 Å². The number of hydrogen-bond acceptors (Lipinski definition) is 3. The first-order valence-electron chi connectivity index (χ1n) is 3.98. The minimum Gasteiger partial charge on any atom is -0.494 e. The molecule has 0 saturated heterocycles. The minimum absolute atomic E-state index is 0.135. The smallest absolute Gasteiger partial charge is 0.404 e. The first-order valence-corrected chi connectivity index (χ1v) is 5.57. The molecule has 0 aliphatic carbocycles. The molecule has 0 aromatic heterocycles. The zero-order chi connectivity index (χ0) is 11.4. The van der Waals surface area contributed by atoms with Crippen molar-refractivity contribution < 1.29 is 14.3 Å². The van der Waals surface area contributed by atoms with E-state index < -0.39 is 6.09 Å². The van der Waals surface area contributed by atoms with Crippen molar-refractivity contribution in [2.24, 2.45) is 5.73 Å². The number of nitrogens with two attached hydrogens (primary N) is 1. The van der Waals surface area contributed by atoms with Gasteiger partial charge in [-0.2, -0.15) is 0 Å². The Morgan fingerprint density at radius 3 is 2.33 bits per heavy atom. The van der Waals surface area contributed by atoms with Gasteiger partial charge in [-0.15, -0.1) is 0 Å². The molecule has 2 N–H and O–H groups in total. The van der Waals surface area contributed by atoms with Crippen LogP contribution in [0.4, 0.5) is 4.79 Å². The lowest BCUT2D eigenvalue weighted by Gasteiger charge is -2.08. The molecule has 0 heterocycles. The molecule has 0 aliphatic rings. The lowest BCUT2D eigenvalue weighted by molar-refractivity contribution is 0.150. The molecular formula is C9H9Br2NO3. The van der Waals surface area contributed by atoms with Crippen molar-refractivity contribution in [2.75, 3.05) is 7.11 Å². The van der Waals surface area contributed by atoms with Gasteiger partial charge in [0, 0.05) is 0 Å². The molecule has 0 spiro atoms. The summed E-state index contributed by atoms with van der Waals surface area (Å²) in [6, 6.07) is 3.60. The summed E-state index contributed by atoms with van der Waals surface area (Å²) in [7, 11) is 1.57. The Morgan fingerprint density at radius 1 is 1.40 bits per heavy atom. The number of primary amides is 1. The summed E-state index contributed by atoms with van der Waals surface area (Å²) in [5.74, 6) is 0.692. The maximum absolute atomic E-state index is 10.4. The van der Waals surface area contributed by atoms with Gasteiger partial charge in [0.25, 0.3) is 0 Å². The van der Waals surface area contributed by atoms with Crippen molar-refractivity contribution in [3.05, 3.63) is 26.6 Å². The average Bonchev–Trinajstić information content (AvgIpc) is 2.14. The number of carbonyl (C=O) groups excluding carboxylic acids is 1. The Balaban J connectivity index is 2.88. The van der Waals surface area contributed by atoms with Crippen molar-refractivity contribution in [3.8, 4) is 5.75 Å². The second-order valence-corrected chi connectivity index (χ2v) is 4.41. The van der Waals surface area contributed by atoms with E-state index in [9.17, 15) is 4.79 Å². The monoisotopic (exact) mass is 337 g/mol.